The second-order valence-corrected chi connectivity index (χ2v) is 6.67. The van der Waals surface area contributed by atoms with Crippen molar-refractivity contribution in [2.24, 2.45) is 0 Å². The van der Waals surface area contributed by atoms with E-state index in [2.05, 4.69) is 10.3 Å². The summed E-state index contributed by atoms with van der Waals surface area (Å²) in [6.07, 6.45) is 0.948. The lowest BCUT2D eigenvalue weighted by Gasteiger charge is -2.30. The first-order valence-corrected chi connectivity index (χ1v) is 8.54. The van der Waals surface area contributed by atoms with Crippen LogP contribution in [0.3, 0.4) is 0 Å². The van der Waals surface area contributed by atoms with E-state index in [1.54, 1.807) is 12.1 Å². The van der Waals surface area contributed by atoms with E-state index in [1.165, 1.54) is 6.07 Å². The second-order valence-electron chi connectivity index (χ2n) is 6.67. The van der Waals surface area contributed by atoms with Crippen LogP contribution in [0.5, 0.6) is 5.75 Å². The van der Waals surface area contributed by atoms with E-state index in [4.69, 9.17) is 10.5 Å². The minimum Gasteiger partial charge on any atom is -0.483 e. The fourth-order valence-electron chi connectivity index (χ4n) is 3.48. The van der Waals surface area contributed by atoms with Gasteiger partial charge in [-0.2, -0.15) is 0 Å². The van der Waals surface area contributed by atoms with E-state index < -0.39 is 17.2 Å². The SMILES string of the molecule is Nc1ccc2cccc(O[C@@]3(Cc4cccc(F)c4F)CCNC3)c2n1. The molecule has 0 spiro atoms. The predicted molar refractivity (Wildman–Crippen MR) is 97.1 cm³/mol. The molecule has 0 radical (unpaired) electrons. The maximum absolute atomic E-state index is 14.2. The molecule has 1 saturated heterocycles. The van der Waals surface area contributed by atoms with Gasteiger partial charge in [-0.3, -0.25) is 0 Å². The van der Waals surface area contributed by atoms with Gasteiger partial charge in [-0.25, -0.2) is 13.8 Å². The molecule has 3 N–H and O–H groups in total. The maximum atomic E-state index is 14.2. The van der Waals surface area contributed by atoms with Crippen LogP contribution in [-0.2, 0) is 6.42 Å². The lowest BCUT2D eigenvalue weighted by atomic mass is 9.92. The van der Waals surface area contributed by atoms with Crippen LogP contribution < -0.4 is 15.8 Å². The molecule has 134 valence electrons. The fourth-order valence-corrected chi connectivity index (χ4v) is 3.48. The number of ether oxygens (including phenoxy) is 1. The van der Waals surface area contributed by atoms with Gasteiger partial charge in [0.1, 0.15) is 22.7 Å². The number of fused-ring (bicyclic) bond motifs is 1. The summed E-state index contributed by atoms with van der Waals surface area (Å²) in [6, 6.07) is 13.5. The Morgan fingerprint density at radius 2 is 1.96 bits per heavy atom. The zero-order valence-electron chi connectivity index (χ0n) is 14.1. The first-order chi connectivity index (χ1) is 12.6. The molecule has 1 fully saturated rings. The molecule has 26 heavy (non-hydrogen) atoms. The Kier molecular flexibility index (Phi) is 4.20. The van der Waals surface area contributed by atoms with Crippen LogP contribution in [0.1, 0.15) is 12.0 Å². The Labute approximate surface area is 150 Å². The van der Waals surface area contributed by atoms with Crippen molar-refractivity contribution >= 4 is 16.7 Å². The highest BCUT2D eigenvalue weighted by molar-refractivity contribution is 5.85. The number of hydrogen-bond acceptors (Lipinski definition) is 4. The fraction of sp³-hybridized carbons (Fsp3) is 0.250. The number of nitrogens with one attached hydrogen (secondary N) is 1. The summed E-state index contributed by atoms with van der Waals surface area (Å²) >= 11 is 0. The minimum absolute atomic E-state index is 0.266. The number of rotatable bonds is 4. The molecule has 6 heteroatoms. The topological polar surface area (TPSA) is 60.2 Å². The number of nitrogens with zero attached hydrogens (tertiary/aromatic N) is 1. The number of aromatic nitrogens is 1. The van der Waals surface area contributed by atoms with Crippen molar-refractivity contribution in [1.82, 2.24) is 10.3 Å². The number of benzene rings is 2. The smallest absolute Gasteiger partial charge is 0.162 e. The average molecular weight is 355 g/mol. The van der Waals surface area contributed by atoms with E-state index in [-0.39, 0.29) is 6.42 Å². The molecule has 3 aromatic rings. The third-order valence-electron chi connectivity index (χ3n) is 4.78. The number of pyridine rings is 1. The van der Waals surface area contributed by atoms with Crippen LogP contribution in [0.25, 0.3) is 10.9 Å². The molecule has 0 saturated carbocycles. The third kappa shape index (κ3) is 3.08. The number of para-hydroxylation sites is 1. The van der Waals surface area contributed by atoms with Crippen LogP contribution in [0.2, 0.25) is 0 Å². The van der Waals surface area contributed by atoms with Crippen LogP contribution in [-0.4, -0.2) is 23.7 Å². The summed E-state index contributed by atoms with van der Waals surface area (Å²) in [5.41, 5.74) is 6.12. The number of halogens is 2. The Balaban J connectivity index is 1.72. The predicted octanol–water partition coefficient (Wildman–Crippen LogP) is 3.45. The molecule has 1 aromatic heterocycles. The zero-order chi connectivity index (χ0) is 18.1. The van der Waals surface area contributed by atoms with Gasteiger partial charge < -0.3 is 15.8 Å². The summed E-state index contributed by atoms with van der Waals surface area (Å²) in [7, 11) is 0. The molecule has 2 heterocycles. The van der Waals surface area contributed by atoms with Crippen LogP contribution in [0, 0.1) is 11.6 Å². The van der Waals surface area contributed by atoms with Gasteiger partial charge in [-0.1, -0.05) is 24.3 Å². The van der Waals surface area contributed by atoms with Gasteiger partial charge in [0.25, 0.3) is 0 Å². The summed E-state index contributed by atoms with van der Waals surface area (Å²) in [5.74, 6) is -0.662. The summed E-state index contributed by atoms with van der Waals surface area (Å²) in [4.78, 5) is 4.39. The van der Waals surface area contributed by atoms with E-state index in [0.29, 0.717) is 35.6 Å². The minimum atomic E-state index is -0.844. The quantitative estimate of drug-likeness (QED) is 0.753. The number of nitrogens with two attached hydrogens (primary N) is 1. The van der Waals surface area contributed by atoms with Crippen molar-refractivity contribution in [3.8, 4) is 5.75 Å². The van der Waals surface area contributed by atoms with Crippen LogP contribution >= 0.6 is 0 Å². The van der Waals surface area contributed by atoms with E-state index in [0.717, 1.165) is 18.0 Å². The van der Waals surface area contributed by atoms with Crippen molar-refractivity contribution in [1.29, 1.82) is 0 Å². The van der Waals surface area contributed by atoms with Crippen LogP contribution in [0.4, 0.5) is 14.6 Å². The number of anilines is 1. The Morgan fingerprint density at radius 1 is 1.12 bits per heavy atom. The van der Waals surface area contributed by atoms with E-state index in [1.807, 2.05) is 24.3 Å². The van der Waals surface area contributed by atoms with Gasteiger partial charge in [0.2, 0.25) is 0 Å². The highest BCUT2D eigenvalue weighted by Gasteiger charge is 2.38. The molecule has 1 aliphatic rings. The molecule has 0 unspecified atom stereocenters. The molecular formula is C20H19F2N3O. The molecule has 4 nitrogen and oxygen atoms in total. The van der Waals surface area contributed by atoms with Crippen molar-refractivity contribution in [3.63, 3.8) is 0 Å². The summed E-state index contributed by atoms with van der Waals surface area (Å²) in [5, 5.41) is 4.17. The molecule has 0 aliphatic carbocycles. The maximum Gasteiger partial charge on any atom is 0.162 e. The lowest BCUT2D eigenvalue weighted by Crippen LogP contribution is -2.41. The van der Waals surface area contributed by atoms with Gasteiger partial charge in [0.15, 0.2) is 11.6 Å². The Hall–Kier alpha value is -2.73. The lowest BCUT2D eigenvalue weighted by molar-refractivity contribution is 0.0908. The van der Waals surface area contributed by atoms with Crippen molar-refractivity contribution in [2.75, 3.05) is 18.8 Å². The molecule has 2 aromatic carbocycles. The monoisotopic (exact) mass is 355 g/mol. The van der Waals surface area contributed by atoms with Crippen molar-refractivity contribution < 1.29 is 13.5 Å². The van der Waals surface area contributed by atoms with Crippen LogP contribution in [0.15, 0.2) is 48.5 Å². The summed E-state index contributed by atoms with van der Waals surface area (Å²) in [6.45, 7) is 1.29. The zero-order valence-corrected chi connectivity index (χ0v) is 14.1. The van der Waals surface area contributed by atoms with Gasteiger partial charge in [-0.15, -0.1) is 0 Å². The number of hydrogen-bond donors (Lipinski definition) is 2. The van der Waals surface area contributed by atoms with Gasteiger partial charge in [0.05, 0.1) is 0 Å². The Bertz CT molecular complexity index is 955. The molecule has 0 amide bonds. The number of nitrogen functional groups attached to an aromatic ring is 1. The second kappa shape index (κ2) is 6.53. The summed E-state index contributed by atoms with van der Waals surface area (Å²) < 4.78 is 34.2. The highest BCUT2D eigenvalue weighted by Crippen LogP contribution is 2.33. The Morgan fingerprint density at radius 3 is 2.77 bits per heavy atom. The molecular weight excluding hydrogens is 336 g/mol. The average Bonchev–Trinajstić information content (AvgIpc) is 3.08. The van der Waals surface area contributed by atoms with Gasteiger partial charge in [0, 0.05) is 24.8 Å². The molecule has 4 rings (SSSR count). The third-order valence-corrected chi connectivity index (χ3v) is 4.78. The van der Waals surface area contributed by atoms with Gasteiger partial charge >= 0.3 is 0 Å². The van der Waals surface area contributed by atoms with Gasteiger partial charge in [-0.05, 0) is 36.4 Å². The first-order valence-electron chi connectivity index (χ1n) is 8.54. The van der Waals surface area contributed by atoms with Crippen molar-refractivity contribution in [3.05, 3.63) is 65.7 Å². The standard InChI is InChI=1S/C20H19F2N3O/c21-15-5-1-4-14(18(15)22)11-20(9-10-24-12-20)26-16-6-2-3-13-7-8-17(23)25-19(13)16/h1-8,24H,9-12H2,(H2,23,25)/t20-/m1/s1. The molecule has 1 aliphatic heterocycles. The largest absolute Gasteiger partial charge is 0.483 e. The van der Waals surface area contributed by atoms with E-state index >= 15 is 0 Å². The van der Waals surface area contributed by atoms with E-state index in [9.17, 15) is 8.78 Å². The molecule has 1 atom stereocenters. The first kappa shape index (κ1) is 16.7. The molecule has 0 bridgehead atoms. The normalized spacial score (nSPS) is 19.8. The highest BCUT2D eigenvalue weighted by atomic mass is 19.2. The van der Waals surface area contributed by atoms with Crippen molar-refractivity contribution in [2.45, 2.75) is 18.4 Å².